The largest absolute Gasteiger partial charge is 0.409 e. The van der Waals surface area contributed by atoms with Crippen molar-refractivity contribution < 1.29 is 5.21 Å². The number of aryl methyl sites for hydroxylation is 2. The second kappa shape index (κ2) is 5.61. The number of piperidine rings is 1. The molecule has 3 N–H and O–H groups in total. The molecule has 1 aromatic heterocycles. The fourth-order valence-corrected chi connectivity index (χ4v) is 2.87. The lowest BCUT2D eigenvalue weighted by atomic mass is 9.79. The molecule has 0 saturated carbocycles. The van der Waals surface area contributed by atoms with Gasteiger partial charge in [0.15, 0.2) is 0 Å². The zero-order valence-corrected chi connectivity index (χ0v) is 13.0. The molecule has 0 atom stereocenters. The minimum Gasteiger partial charge on any atom is -0.409 e. The van der Waals surface area contributed by atoms with Crippen molar-refractivity contribution in [3.63, 3.8) is 0 Å². The summed E-state index contributed by atoms with van der Waals surface area (Å²) in [7, 11) is 1.92. The molecule has 0 aromatic carbocycles. The number of hydrogen-bond acceptors (Lipinski definition) is 4. The van der Waals surface area contributed by atoms with E-state index in [1.54, 1.807) is 0 Å². The van der Waals surface area contributed by atoms with E-state index in [0.29, 0.717) is 5.84 Å². The number of nitrogens with two attached hydrogens (primary N) is 1. The van der Waals surface area contributed by atoms with E-state index in [1.807, 2.05) is 25.6 Å². The minimum absolute atomic E-state index is 0.211. The summed E-state index contributed by atoms with van der Waals surface area (Å²) < 4.78 is 1.84. The highest BCUT2D eigenvalue weighted by atomic mass is 35.5. The summed E-state index contributed by atoms with van der Waals surface area (Å²) in [5.74, 6) is 0.326. The monoisotopic (exact) mass is 299 g/mol. The van der Waals surface area contributed by atoms with E-state index in [-0.39, 0.29) is 5.41 Å². The van der Waals surface area contributed by atoms with Crippen LogP contribution in [0, 0.1) is 12.3 Å². The molecule has 1 aromatic rings. The Morgan fingerprint density at radius 1 is 1.50 bits per heavy atom. The maximum absolute atomic E-state index is 8.85. The van der Waals surface area contributed by atoms with Crippen LogP contribution in [0.4, 0.5) is 0 Å². The molecular weight excluding hydrogens is 278 g/mol. The van der Waals surface area contributed by atoms with Crippen LogP contribution in [-0.2, 0) is 13.6 Å². The molecule has 2 heterocycles. The Labute approximate surface area is 124 Å². The lowest BCUT2D eigenvalue weighted by Crippen LogP contribution is -2.45. The van der Waals surface area contributed by atoms with Gasteiger partial charge in [-0.25, -0.2) is 0 Å². The van der Waals surface area contributed by atoms with E-state index in [1.165, 1.54) is 0 Å². The molecule has 7 heteroatoms. The van der Waals surface area contributed by atoms with Gasteiger partial charge in [-0.15, -0.1) is 0 Å². The van der Waals surface area contributed by atoms with E-state index in [0.717, 1.165) is 48.9 Å². The molecule has 0 aliphatic carbocycles. The van der Waals surface area contributed by atoms with E-state index in [4.69, 9.17) is 22.5 Å². The van der Waals surface area contributed by atoms with E-state index in [9.17, 15) is 0 Å². The Kier molecular flexibility index (Phi) is 4.25. The number of amidine groups is 1. The van der Waals surface area contributed by atoms with Crippen LogP contribution in [0.15, 0.2) is 5.16 Å². The molecule has 1 aliphatic heterocycles. The zero-order chi connectivity index (χ0) is 14.9. The van der Waals surface area contributed by atoms with Gasteiger partial charge in [0.2, 0.25) is 0 Å². The molecule has 0 spiro atoms. The van der Waals surface area contributed by atoms with Crippen molar-refractivity contribution in [1.82, 2.24) is 14.7 Å². The van der Waals surface area contributed by atoms with Crippen LogP contribution in [0.3, 0.4) is 0 Å². The highest BCUT2D eigenvalue weighted by molar-refractivity contribution is 6.31. The van der Waals surface area contributed by atoms with Gasteiger partial charge < -0.3 is 10.9 Å². The summed E-state index contributed by atoms with van der Waals surface area (Å²) in [5.41, 5.74) is 7.47. The third kappa shape index (κ3) is 2.76. The van der Waals surface area contributed by atoms with E-state index in [2.05, 4.69) is 15.2 Å². The molecule has 1 fully saturated rings. The van der Waals surface area contributed by atoms with Crippen LogP contribution in [0.2, 0.25) is 5.02 Å². The van der Waals surface area contributed by atoms with Gasteiger partial charge in [-0.2, -0.15) is 5.10 Å². The Morgan fingerprint density at radius 3 is 2.55 bits per heavy atom. The molecule has 0 amide bonds. The van der Waals surface area contributed by atoms with E-state index < -0.39 is 0 Å². The molecule has 0 unspecified atom stereocenters. The summed E-state index contributed by atoms with van der Waals surface area (Å²) in [6.45, 7) is 6.53. The molecule has 1 aliphatic rings. The van der Waals surface area contributed by atoms with Gasteiger partial charge >= 0.3 is 0 Å². The fraction of sp³-hybridized carbons (Fsp3) is 0.692. The fourth-order valence-electron chi connectivity index (χ4n) is 2.65. The highest BCUT2D eigenvalue weighted by Gasteiger charge is 2.34. The van der Waals surface area contributed by atoms with Crippen molar-refractivity contribution in [3.8, 4) is 0 Å². The topological polar surface area (TPSA) is 79.7 Å². The number of rotatable bonds is 3. The van der Waals surface area contributed by atoms with Crippen LogP contribution >= 0.6 is 11.6 Å². The predicted octanol–water partition coefficient (Wildman–Crippen LogP) is 1.73. The van der Waals surface area contributed by atoms with Gasteiger partial charge in [0.25, 0.3) is 0 Å². The van der Waals surface area contributed by atoms with Crippen molar-refractivity contribution in [2.24, 2.45) is 23.4 Å². The van der Waals surface area contributed by atoms with Gasteiger partial charge in [-0.05, 0) is 32.9 Å². The molecule has 1 saturated heterocycles. The van der Waals surface area contributed by atoms with Crippen molar-refractivity contribution in [2.45, 2.75) is 33.2 Å². The van der Waals surface area contributed by atoms with Crippen LogP contribution < -0.4 is 5.73 Å². The van der Waals surface area contributed by atoms with Crippen LogP contribution in [0.5, 0.6) is 0 Å². The smallest absolute Gasteiger partial charge is 0.145 e. The first-order chi connectivity index (χ1) is 9.37. The summed E-state index contributed by atoms with van der Waals surface area (Å²) >= 11 is 6.28. The minimum atomic E-state index is -0.211. The van der Waals surface area contributed by atoms with Crippen molar-refractivity contribution in [1.29, 1.82) is 0 Å². The molecule has 6 nitrogen and oxygen atoms in total. The SMILES string of the molecule is Cc1nn(C)c(CN2CCC(C)(C(N)=NO)CC2)c1Cl. The molecular formula is C13H22ClN5O. The number of likely N-dealkylation sites (tertiary alicyclic amines) is 1. The number of hydrogen-bond donors (Lipinski definition) is 2. The quantitative estimate of drug-likeness (QED) is 0.385. The highest BCUT2D eigenvalue weighted by Crippen LogP contribution is 2.32. The summed E-state index contributed by atoms with van der Waals surface area (Å²) in [5, 5.41) is 17.1. The Balaban J connectivity index is 2.02. The molecule has 2 rings (SSSR count). The first kappa shape index (κ1) is 15.1. The molecule has 0 radical (unpaired) electrons. The van der Waals surface area contributed by atoms with Crippen LogP contribution in [-0.4, -0.2) is 38.8 Å². The van der Waals surface area contributed by atoms with Crippen molar-refractivity contribution >= 4 is 17.4 Å². The van der Waals surface area contributed by atoms with Gasteiger partial charge in [0.05, 0.1) is 16.4 Å². The zero-order valence-electron chi connectivity index (χ0n) is 12.2. The standard InChI is InChI=1S/C13H22ClN5O/c1-9-11(14)10(18(3)16-9)8-19-6-4-13(2,5-7-19)12(15)17-20/h20H,4-8H2,1-3H3,(H2,15,17). The number of nitrogens with zero attached hydrogens (tertiary/aromatic N) is 4. The third-order valence-corrected chi connectivity index (χ3v) is 4.81. The summed E-state index contributed by atoms with van der Waals surface area (Å²) in [4.78, 5) is 2.33. The van der Waals surface area contributed by atoms with Gasteiger partial charge in [0, 0.05) is 19.0 Å². The van der Waals surface area contributed by atoms with Gasteiger partial charge in [-0.3, -0.25) is 9.58 Å². The third-order valence-electron chi connectivity index (χ3n) is 4.32. The molecule has 20 heavy (non-hydrogen) atoms. The predicted molar refractivity (Wildman–Crippen MR) is 79.0 cm³/mol. The average Bonchev–Trinajstić information content (AvgIpc) is 2.67. The maximum Gasteiger partial charge on any atom is 0.145 e. The van der Waals surface area contributed by atoms with Gasteiger partial charge in [-0.1, -0.05) is 23.7 Å². The van der Waals surface area contributed by atoms with Crippen molar-refractivity contribution in [3.05, 3.63) is 16.4 Å². The Hall–Kier alpha value is -1.27. The van der Waals surface area contributed by atoms with Crippen LogP contribution in [0.25, 0.3) is 0 Å². The maximum atomic E-state index is 8.85. The summed E-state index contributed by atoms with van der Waals surface area (Å²) in [6.07, 6.45) is 1.74. The molecule has 0 bridgehead atoms. The Morgan fingerprint density at radius 2 is 2.10 bits per heavy atom. The van der Waals surface area contributed by atoms with Gasteiger partial charge in [0.1, 0.15) is 5.84 Å². The number of oxime groups is 1. The van der Waals surface area contributed by atoms with E-state index >= 15 is 0 Å². The molecule has 112 valence electrons. The second-order valence-corrected chi connectivity index (χ2v) is 6.17. The van der Waals surface area contributed by atoms with Crippen LogP contribution in [0.1, 0.15) is 31.2 Å². The average molecular weight is 300 g/mol. The lowest BCUT2D eigenvalue weighted by Gasteiger charge is -2.38. The number of aromatic nitrogens is 2. The Bertz CT molecular complexity index is 517. The second-order valence-electron chi connectivity index (χ2n) is 5.79. The first-order valence-corrected chi connectivity index (χ1v) is 7.13. The number of halogens is 1. The lowest BCUT2D eigenvalue weighted by molar-refractivity contribution is 0.150. The normalized spacial score (nSPS) is 20.3. The summed E-state index contributed by atoms with van der Waals surface area (Å²) in [6, 6.07) is 0. The first-order valence-electron chi connectivity index (χ1n) is 6.76. The van der Waals surface area contributed by atoms with Crippen molar-refractivity contribution in [2.75, 3.05) is 13.1 Å².